The monoisotopic (exact) mass is 291 g/mol. The Morgan fingerprint density at radius 3 is 2.80 bits per heavy atom. The smallest absolute Gasteiger partial charge is 0.136 e. The molecule has 1 aromatic carbocycles. The molecule has 0 bridgehead atoms. The fraction of sp³-hybridized carbons (Fsp3) is 0.467. The molecule has 0 saturated carbocycles. The molecule has 0 saturated heterocycles. The largest absolute Gasteiger partial charge is 0.487 e. The van der Waals surface area contributed by atoms with E-state index in [2.05, 4.69) is 54.7 Å². The van der Waals surface area contributed by atoms with Gasteiger partial charge in [-0.05, 0) is 49.9 Å². The van der Waals surface area contributed by atoms with Crippen molar-refractivity contribution >= 4 is 16.5 Å². The number of aryl methyl sites for hydroxylation is 2. The second-order valence-electron chi connectivity index (χ2n) is 4.97. The normalized spacial score (nSPS) is 10.6. The Bertz CT molecular complexity index is 580. The Kier molecular flexibility index (Phi) is 4.95. The summed E-state index contributed by atoms with van der Waals surface area (Å²) in [5, 5.41) is 8.48. The van der Waals surface area contributed by atoms with Crippen LogP contribution < -0.4 is 10.1 Å². The lowest BCUT2D eigenvalue weighted by molar-refractivity contribution is 0.299. The summed E-state index contributed by atoms with van der Waals surface area (Å²) in [5.41, 5.74) is 4.52. The van der Waals surface area contributed by atoms with Crippen molar-refractivity contribution < 1.29 is 4.74 Å². The van der Waals surface area contributed by atoms with Crippen LogP contribution in [0, 0.1) is 20.8 Å². The Balaban J connectivity index is 2.07. The molecule has 20 heavy (non-hydrogen) atoms. The number of hydrogen-bond acceptors (Lipinski definition) is 5. The minimum atomic E-state index is 0.451. The molecule has 1 aromatic heterocycles. The van der Waals surface area contributed by atoms with Crippen LogP contribution >= 0.6 is 11.5 Å². The molecule has 108 valence electrons. The van der Waals surface area contributed by atoms with Gasteiger partial charge in [0.05, 0.1) is 0 Å². The third-order valence-corrected chi connectivity index (χ3v) is 3.95. The van der Waals surface area contributed by atoms with Crippen molar-refractivity contribution in [1.29, 1.82) is 0 Å². The van der Waals surface area contributed by atoms with Crippen LogP contribution in [0.2, 0.25) is 0 Å². The summed E-state index contributed by atoms with van der Waals surface area (Å²) < 4.78 is 9.92. The van der Waals surface area contributed by atoms with Crippen molar-refractivity contribution in [2.24, 2.45) is 0 Å². The SMILES string of the molecule is CCCNc1snnc1COc1cc(C)cc(C)c1C. The second kappa shape index (κ2) is 6.70. The van der Waals surface area contributed by atoms with E-state index in [4.69, 9.17) is 4.74 Å². The van der Waals surface area contributed by atoms with Gasteiger partial charge in [-0.1, -0.05) is 17.5 Å². The van der Waals surface area contributed by atoms with Crippen LogP contribution in [0.4, 0.5) is 5.00 Å². The summed E-state index contributed by atoms with van der Waals surface area (Å²) in [6.07, 6.45) is 1.08. The lowest BCUT2D eigenvalue weighted by Gasteiger charge is -2.12. The molecular formula is C15H21N3OS. The maximum atomic E-state index is 5.93. The lowest BCUT2D eigenvalue weighted by Crippen LogP contribution is -2.04. The highest BCUT2D eigenvalue weighted by atomic mass is 32.1. The number of anilines is 1. The first-order valence-electron chi connectivity index (χ1n) is 6.87. The fourth-order valence-electron chi connectivity index (χ4n) is 1.97. The van der Waals surface area contributed by atoms with Crippen molar-refractivity contribution in [2.75, 3.05) is 11.9 Å². The Morgan fingerprint density at radius 1 is 1.25 bits per heavy atom. The van der Waals surface area contributed by atoms with Crippen LogP contribution in [0.1, 0.15) is 35.7 Å². The first-order valence-corrected chi connectivity index (χ1v) is 7.65. The number of benzene rings is 1. The number of aromatic nitrogens is 2. The van der Waals surface area contributed by atoms with E-state index in [1.807, 2.05) is 0 Å². The molecule has 4 nitrogen and oxygen atoms in total. The number of rotatable bonds is 6. The average Bonchev–Trinajstić information content (AvgIpc) is 2.86. The highest BCUT2D eigenvalue weighted by molar-refractivity contribution is 7.10. The van der Waals surface area contributed by atoms with Gasteiger partial charge in [0.25, 0.3) is 0 Å². The summed E-state index contributed by atoms with van der Waals surface area (Å²) in [7, 11) is 0. The molecule has 0 unspecified atom stereocenters. The predicted octanol–water partition coefficient (Wildman–Crippen LogP) is 3.86. The number of nitrogens with one attached hydrogen (secondary N) is 1. The van der Waals surface area contributed by atoms with Crippen molar-refractivity contribution in [1.82, 2.24) is 9.59 Å². The van der Waals surface area contributed by atoms with E-state index < -0.39 is 0 Å². The molecular weight excluding hydrogens is 270 g/mol. The zero-order valence-corrected chi connectivity index (χ0v) is 13.3. The Morgan fingerprint density at radius 2 is 2.05 bits per heavy atom. The van der Waals surface area contributed by atoms with Crippen molar-refractivity contribution in [2.45, 2.75) is 40.7 Å². The molecule has 0 spiro atoms. The highest BCUT2D eigenvalue weighted by Gasteiger charge is 2.10. The highest BCUT2D eigenvalue weighted by Crippen LogP contribution is 2.25. The van der Waals surface area contributed by atoms with Crippen molar-refractivity contribution in [3.05, 3.63) is 34.5 Å². The minimum Gasteiger partial charge on any atom is -0.487 e. The molecule has 1 heterocycles. The molecule has 0 atom stereocenters. The number of hydrogen-bond donors (Lipinski definition) is 1. The summed E-state index contributed by atoms with van der Waals surface area (Å²) in [6.45, 7) is 9.79. The van der Waals surface area contributed by atoms with Gasteiger partial charge in [0.2, 0.25) is 0 Å². The van der Waals surface area contributed by atoms with E-state index in [0.29, 0.717) is 6.61 Å². The topological polar surface area (TPSA) is 47.0 Å². The lowest BCUT2D eigenvalue weighted by atomic mass is 10.1. The maximum absolute atomic E-state index is 5.93. The molecule has 0 aliphatic carbocycles. The molecule has 0 aliphatic heterocycles. The van der Waals surface area contributed by atoms with Crippen molar-refractivity contribution in [3.63, 3.8) is 0 Å². The molecule has 0 aliphatic rings. The molecule has 0 radical (unpaired) electrons. The first kappa shape index (κ1) is 14.8. The number of nitrogens with zero attached hydrogens (tertiary/aromatic N) is 2. The van der Waals surface area contributed by atoms with Gasteiger partial charge in [-0.15, -0.1) is 5.10 Å². The van der Waals surface area contributed by atoms with Crippen LogP contribution in [0.5, 0.6) is 5.75 Å². The molecule has 0 amide bonds. The molecule has 5 heteroatoms. The minimum absolute atomic E-state index is 0.451. The predicted molar refractivity (Wildman–Crippen MR) is 83.7 cm³/mol. The summed E-state index contributed by atoms with van der Waals surface area (Å²) in [5.74, 6) is 0.928. The van der Waals surface area contributed by atoms with E-state index in [0.717, 1.165) is 29.4 Å². The third-order valence-electron chi connectivity index (χ3n) is 3.22. The van der Waals surface area contributed by atoms with Gasteiger partial charge in [-0.2, -0.15) is 0 Å². The quantitative estimate of drug-likeness (QED) is 0.877. The van der Waals surface area contributed by atoms with Crippen molar-refractivity contribution in [3.8, 4) is 5.75 Å². The van der Waals surface area contributed by atoms with Crippen LogP contribution in [0.25, 0.3) is 0 Å². The standard InChI is InChI=1S/C15H21N3OS/c1-5-6-16-15-13(17-18-20-15)9-19-14-8-10(2)7-11(3)12(14)4/h7-8,16H,5-6,9H2,1-4H3. The Labute approximate surface area is 124 Å². The van der Waals surface area contributed by atoms with Crippen LogP contribution in [0.15, 0.2) is 12.1 Å². The molecule has 1 N–H and O–H groups in total. The summed E-state index contributed by atoms with van der Waals surface area (Å²) >= 11 is 1.38. The van der Waals surface area contributed by atoms with E-state index >= 15 is 0 Å². The Hall–Kier alpha value is -1.62. The van der Waals surface area contributed by atoms with E-state index in [1.54, 1.807) is 0 Å². The second-order valence-corrected chi connectivity index (χ2v) is 5.72. The fourth-order valence-corrected chi connectivity index (χ4v) is 2.57. The van der Waals surface area contributed by atoms with E-state index in [1.165, 1.54) is 28.2 Å². The van der Waals surface area contributed by atoms with Gasteiger partial charge in [-0.25, -0.2) is 0 Å². The summed E-state index contributed by atoms with van der Waals surface area (Å²) in [6, 6.07) is 4.24. The van der Waals surface area contributed by atoms with Gasteiger partial charge in [0.1, 0.15) is 23.1 Å². The molecule has 0 fully saturated rings. The molecule has 2 aromatic rings. The van der Waals surface area contributed by atoms with Crippen LogP contribution in [-0.2, 0) is 6.61 Å². The zero-order valence-electron chi connectivity index (χ0n) is 12.5. The average molecular weight is 291 g/mol. The van der Waals surface area contributed by atoms with Crippen LogP contribution in [0.3, 0.4) is 0 Å². The van der Waals surface area contributed by atoms with Gasteiger partial charge in [-0.3, -0.25) is 0 Å². The van der Waals surface area contributed by atoms with Gasteiger partial charge < -0.3 is 10.1 Å². The number of ether oxygens (including phenoxy) is 1. The first-order chi connectivity index (χ1) is 9.61. The summed E-state index contributed by atoms with van der Waals surface area (Å²) in [4.78, 5) is 0. The van der Waals surface area contributed by atoms with Crippen LogP contribution in [-0.4, -0.2) is 16.1 Å². The molecule has 2 rings (SSSR count). The van der Waals surface area contributed by atoms with Gasteiger partial charge in [0, 0.05) is 18.1 Å². The third kappa shape index (κ3) is 3.48. The zero-order chi connectivity index (χ0) is 14.5. The van der Waals surface area contributed by atoms with Gasteiger partial charge in [0.15, 0.2) is 0 Å². The van der Waals surface area contributed by atoms with E-state index in [-0.39, 0.29) is 0 Å². The van der Waals surface area contributed by atoms with Gasteiger partial charge >= 0.3 is 0 Å². The van der Waals surface area contributed by atoms with E-state index in [9.17, 15) is 0 Å². The maximum Gasteiger partial charge on any atom is 0.136 e.